The fourth-order valence-electron chi connectivity index (χ4n) is 4.70. The molecular formula is C21H26N4O2. The van der Waals surface area contributed by atoms with E-state index >= 15 is 0 Å². The number of carbonyl (C=O) groups is 2. The second-order valence-electron chi connectivity index (χ2n) is 7.67. The zero-order valence-corrected chi connectivity index (χ0v) is 15.8. The Labute approximate surface area is 159 Å². The first-order valence-corrected chi connectivity index (χ1v) is 9.62. The summed E-state index contributed by atoms with van der Waals surface area (Å²) in [5, 5.41) is 6.47. The number of hydrogen-bond acceptors (Lipinski definition) is 3. The molecule has 4 atom stereocenters. The van der Waals surface area contributed by atoms with Gasteiger partial charge in [0.15, 0.2) is 5.96 Å². The molecule has 4 rings (SSSR count). The van der Waals surface area contributed by atoms with Crippen molar-refractivity contribution in [1.82, 2.24) is 15.5 Å². The molecule has 1 saturated carbocycles. The van der Waals surface area contributed by atoms with Crippen LogP contribution in [0.3, 0.4) is 0 Å². The quantitative estimate of drug-likeness (QED) is 0.358. The van der Waals surface area contributed by atoms with Crippen LogP contribution < -0.4 is 10.6 Å². The van der Waals surface area contributed by atoms with Gasteiger partial charge in [-0.15, -0.1) is 0 Å². The van der Waals surface area contributed by atoms with Gasteiger partial charge in [0, 0.05) is 26.7 Å². The molecule has 2 fully saturated rings. The minimum absolute atomic E-state index is 0.00589. The first-order valence-electron chi connectivity index (χ1n) is 9.62. The topological polar surface area (TPSA) is 73.8 Å². The van der Waals surface area contributed by atoms with Gasteiger partial charge in [0.05, 0.1) is 11.8 Å². The summed E-state index contributed by atoms with van der Waals surface area (Å²) in [6, 6.07) is 8.29. The lowest BCUT2D eigenvalue weighted by molar-refractivity contribution is -0.140. The molecule has 2 bridgehead atoms. The number of guanidine groups is 1. The van der Waals surface area contributed by atoms with E-state index < -0.39 is 0 Å². The number of aryl methyl sites for hydroxylation is 1. The van der Waals surface area contributed by atoms with Crippen molar-refractivity contribution < 1.29 is 9.59 Å². The van der Waals surface area contributed by atoms with Crippen LogP contribution in [0.1, 0.15) is 17.5 Å². The van der Waals surface area contributed by atoms with E-state index in [9.17, 15) is 9.59 Å². The van der Waals surface area contributed by atoms with Crippen molar-refractivity contribution in [3.05, 3.63) is 47.5 Å². The number of carbonyl (C=O) groups excluding carboxylic acids is 2. The number of allylic oxidation sites excluding steroid dienone is 2. The zero-order valence-electron chi connectivity index (χ0n) is 15.8. The third-order valence-corrected chi connectivity index (χ3v) is 5.96. The molecule has 142 valence electrons. The summed E-state index contributed by atoms with van der Waals surface area (Å²) < 4.78 is 0. The molecule has 1 aromatic rings. The van der Waals surface area contributed by atoms with Crippen LogP contribution in [0.5, 0.6) is 0 Å². The van der Waals surface area contributed by atoms with E-state index in [2.05, 4.69) is 52.9 Å². The number of fused-ring (bicyclic) bond motifs is 5. The predicted molar refractivity (Wildman–Crippen MR) is 104 cm³/mol. The summed E-state index contributed by atoms with van der Waals surface area (Å²) in [5.74, 6) is 0.962. The minimum atomic E-state index is -0.119. The molecule has 0 aromatic heterocycles. The van der Waals surface area contributed by atoms with Gasteiger partial charge in [0.2, 0.25) is 11.8 Å². The summed E-state index contributed by atoms with van der Waals surface area (Å²) in [5.41, 5.74) is 2.40. The normalized spacial score (nSPS) is 28.8. The summed E-state index contributed by atoms with van der Waals surface area (Å²) in [6.45, 7) is 3.61. The zero-order chi connectivity index (χ0) is 19.0. The van der Waals surface area contributed by atoms with Gasteiger partial charge >= 0.3 is 0 Å². The molecule has 0 radical (unpaired) electrons. The largest absolute Gasteiger partial charge is 0.355 e. The van der Waals surface area contributed by atoms with Crippen molar-refractivity contribution in [2.45, 2.75) is 19.9 Å². The SMILES string of the molecule is CN=C(NCCN1C(=O)C2C3C=CC(C3)C2C1=O)NCc1cccc(C)c1. The summed E-state index contributed by atoms with van der Waals surface area (Å²) >= 11 is 0. The van der Waals surface area contributed by atoms with Crippen molar-refractivity contribution in [3.63, 3.8) is 0 Å². The average molecular weight is 366 g/mol. The van der Waals surface area contributed by atoms with E-state index in [0.29, 0.717) is 25.6 Å². The number of likely N-dealkylation sites (tertiary alicyclic amines) is 1. The second kappa shape index (κ2) is 7.18. The van der Waals surface area contributed by atoms with Crippen LogP contribution >= 0.6 is 0 Å². The lowest BCUT2D eigenvalue weighted by Gasteiger charge is -2.18. The summed E-state index contributed by atoms with van der Waals surface area (Å²) in [7, 11) is 1.71. The molecular weight excluding hydrogens is 340 g/mol. The number of nitrogens with one attached hydrogen (secondary N) is 2. The molecule has 1 heterocycles. The molecule has 1 aromatic carbocycles. The van der Waals surface area contributed by atoms with E-state index in [1.165, 1.54) is 16.0 Å². The van der Waals surface area contributed by atoms with Crippen molar-refractivity contribution in [2.24, 2.45) is 28.7 Å². The monoisotopic (exact) mass is 366 g/mol. The fraction of sp³-hybridized carbons (Fsp3) is 0.476. The number of rotatable bonds is 5. The Bertz CT molecular complexity index is 786. The van der Waals surface area contributed by atoms with Crippen LogP contribution in [0.15, 0.2) is 41.4 Å². The van der Waals surface area contributed by atoms with E-state index in [4.69, 9.17) is 0 Å². The molecule has 6 nitrogen and oxygen atoms in total. The standard InChI is InChI=1S/C21H26N4O2/c1-13-4-3-5-14(10-13)12-24-21(22-2)23-8-9-25-19(26)17-15-6-7-16(11-15)18(17)20(25)27/h3-7,10,15-18H,8-9,11-12H2,1-2H3,(H2,22,23,24). The van der Waals surface area contributed by atoms with Gasteiger partial charge in [-0.2, -0.15) is 0 Å². The van der Waals surface area contributed by atoms with Gasteiger partial charge in [-0.3, -0.25) is 19.5 Å². The maximum absolute atomic E-state index is 12.7. The number of nitrogens with zero attached hydrogens (tertiary/aromatic N) is 2. The molecule has 4 unspecified atom stereocenters. The number of amides is 2. The molecule has 27 heavy (non-hydrogen) atoms. The van der Waals surface area contributed by atoms with E-state index in [-0.39, 0.29) is 35.5 Å². The Balaban J connectivity index is 1.28. The maximum atomic E-state index is 12.7. The molecule has 0 spiro atoms. The number of imide groups is 1. The van der Waals surface area contributed by atoms with Crippen LogP contribution in [0.2, 0.25) is 0 Å². The molecule has 2 N–H and O–H groups in total. The summed E-state index contributed by atoms with van der Waals surface area (Å²) in [4.78, 5) is 31.0. The Kier molecular flexibility index (Phi) is 4.72. The molecule has 2 aliphatic carbocycles. The highest BCUT2D eigenvalue weighted by Crippen LogP contribution is 2.52. The van der Waals surface area contributed by atoms with Gasteiger partial charge in [0.1, 0.15) is 0 Å². The maximum Gasteiger partial charge on any atom is 0.233 e. The number of benzene rings is 1. The van der Waals surface area contributed by atoms with Gasteiger partial charge in [-0.25, -0.2) is 0 Å². The third kappa shape index (κ3) is 3.24. The highest BCUT2D eigenvalue weighted by molar-refractivity contribution is 6.06. The van der Waals surface area contributed by atoms with Gasteiger partial charge < -0.3 is 10.6 Å². The Morgan fingerprint density at radius 3 is 2.48 bits per heavy atom. The Morgan fingerprint density at radius 2 is 1.85 bits per heavy atom. The fourth-order valence-corrected chi connectivity index (χ4v) is 4.70. The number of aliphatic imine (C=N–C) groups is 1. The van der Waals surface area contributed by atoms with Crippen LogP contribution in [-0.4, -0.2) is 42.8 Å². The molecule has 2 amide bonds. The predicted octanol–water partition coefficient (Wildman–Crippen LogP) is 1.47. The first-order chi connectivity index (χ1) is 13.1. The van der Waals surface area contributed by atoms with Crippen LogP contribution in [0.4, 0.5) is 0 Å². The van der Waals surface area contributed by atoms with E-state index in [1.807, 2.05) is 6.07 Å². The van der Waals surface area contributed by atoms with Crippen molar-refractivity contribution >= 4 is 17.8 Å². The Morgan fingerprint density at radius 1 is 1.15 bits per heavy atom. The van der Waals surface area contributed by atoms with Crippen molar-refractivity contribution in [2.75, 3.05) is 20.1 Å². The van der Waals surface area contributed by atoms with Gasteiger partial charge in [0.25, 0.3) is 0 Å². The number of hydrogen-bond donors (Lipinski definition) is 2. The first kappa shape index (κ1) is 17.8. The molecule has 1 aliphatic heterocycles. The average Bonchev–Trinajstić information content (AvgIpc) is 3.34. The lowest BCUT2D eigenvalue weighted by Crippen LogP contribution is -2.43. The van der Waals surface area contributed by atoms with Crippen LogP contribution in [0, 0.1) is 30.6 Å². The third-order valence-electron chi connectivity index (χ3n) is 5.96. The smallest absolute Gasteiger partial charge is 0.233 e. The van der Waals surface area contributed by atoms with E-state index in [1.54, 1.807) is 7.05 Å². The van der Waals surface area contributed by atoms with Crippen LogP contribution in [0.25, 0.3) is 0 Å². The highest BCUT2D eigenvalue weighted by Gasteiger charge is 2.58. The highest BCUT2D eigenvalue weighted by atomic mass is 16.2. The van der Waals surface area contributed by atoms with Crippen LogP contribution in [-0.2, 0) is 16.1 Å². The molecule has 6 heteroatoms. The van der Waals surface area contributed by atoms with Gasteiger partial charge in [-0.1, -0.05) is 42.0 Å². The molecule has 1 saturated heterocycles. The lowest BCUT2D eigenvalue weighted by atomic mass is 9.85. The minimum Gasteiger partial charge on any atom is -0.355 e. The molecule has 3 aliphatic rings. The summed E-state index contributed by atoms with van der Waals surface area (Å²) in [6.07, 6.45) is 5.21. The second-order valence-corrected chi connectivity index (χ2v) is 7.67. The van der Waals surface area contributed by atoms with E-state index in [0.717, 1.165) is 6.42 Å². The van der Waals surface area contributed by atoms with Gasteiger partial charge in [-0.05, 0) is 30.7 Å². The Hall–Kier alpha value is -2.63. The van der Waals surface area contributed by atoms with Crippen molar-refractivity contribution in [3.8, 4) is 0 Å². The van der Waals surface area contributed by atoms with Crippen molar-refractivity contribution in [1.29, 1.82) is 0 Å².